The summed E-state index contributed by atoms with van der Waals surface area (Å²) in [6.45, 7) is 11.1. The molecule has 8 rings (SSSR count). The summed E-state index contributed by atoms with van der Waals surface area (Å²) in [5.74, 6) is -3.39. The number of para-hydroxylation sites is 1. The number of carbonyl (C=O) groups excluding carboxylic acids is 5. The van der Waals surface area contributed by atoms with Crippen LogP contribution in [0.1, 0.15) is 108 Å². The molecule has 2 saturated carbocycles. The minimum Gasteiger partial charge on any atom is -0.490 e. The molecule has 2 aliphatic carbocycles. The van der Waals surface area contributed by atoms with Crippen LogP contribution in [-0.2, 0) is 53.2 Å². The highest BCUT2D eigenvalue weighted by Crippen LogP contribution is 2.52. The summed E-state index contributed by atoms with van der Waals surface area (Å²) in [6, 6.07) is 31.6. The van der Waals surface area contributed by atoms with Crippen LogP contribution >= 0.6 is 23.2 Å². The summed E-state index contributed by atoms with van der Waals surface area (Å²) in [5, 5.41) is 6.28. The van der Waals surface area contributed by atoms with E-state index < -0.39 is 55.4 Å². The van der Waals surface area contributed by atoms with Gasteiger partial charge in [-0.15, -0.1) is 0 Å². The standard InChI is InChI=1S/C63H70Cl2N4O12S2/c1-7-78-60(71)29-48(63(74)69-57-32-53(65)50(27-54(57)66)45-11-9-10-12-58(45)80-36(3)4)39-15-20-43(21-16-39)82(75,35-70)34-42-25-47(42)41-19-24-46(59(26-41)81-37(5)6)51-28-56(55(67)31-52(51)64)68-62(73)49(30-61(72)79-8-2)40-17-22-44(23-18-40)83(76,77)33-38-13-14-38/h9-12,15-24,26-28,31-32,35-38,42,47-49,82H,7-8,13-14,25,29-30,33-34,66-67H2,1-6H3,(H,68,73)(H,69,74). The van der Waals surface area contributed by atoms with Crippen molar-refractivity contribution in [2.45, 2.75) is 113 Å². The molecule has 0 aromatic heterocycles. The van der Waals surface area contributed by atoms with Crippen molar-refractivity contribution < 1.29 is 55.5 Å². The smallest absolute Gasteiger partial charge is 0.306 e. The maximum Gasteiger partial charge on any atom is 0.306 e. The van der Waals surface area contributed by atoms with E-state index in [1.54, 1.807) is 56.3 Å². The average Bonchev–Trinajstić information content (AvgIpc) is 3.62. The van der Waals surface area contributed by atoms with Crippen LogP contribution < -0.4 is 31.6 Å². The monoisotopic (exact) mass is 1210 g/mol. The largest absolute Gasteiger partial charge is 0.490 e. The van der Waals surface area contributed by atoms with Gasteiger partial charge in [-0.3, -0.25) is 28.2 Å². The maximum atomic E-state index is 14.6. The highest BCUT2D eigenvalue weighted by atomic mass is 35.5. The molecule has 0 radical (unpaired) electrons. The Morgan fingerprint density at radius 3 is 1.75 bits per heavy atom. The number of benzene rings is 6. The highest BCUT2D eigenvalue weighted by Gasteiger charge is 2.42. The third kappa shape index (κ3) is 15.3. The molecule has 0 spiro atoms. The topological polar surface area (TPSA) is 250 Å². The first-order chi connectivity index (χ1) is 39.5. The molecule has 2 amide bonds. The molecule has 4 atom stereocenters. The molecule has 16 nitrogen and oxygen atoms in total. The Labute approximate surface area is 495 Å². The molecule has 6 aromatic carbocycles. The Morgan fingerprint density at radius 2 is 1.18 bits per heavy atom. The second-order valence-electron chi connectivity index (χ2n) is 21.6. The normalized spacial score (nSPS) is 15.9. The predicted octanol–water partition coefficient (Wildman–Crippen LogP) is 12.0. The number of nitrogens with two attached hydrogens (primary N) is 2. The van der Waals surface area contributed by atoms with Crippen LogP contribution in [0, 0.1) is 11.8 Å². The number of hydrogen-bond acceptors (Lipinski definition) is 14. The van der Waals surface area contributed by atoms with Gasteiger partial charge in [-0.1, -0.05) is 77.8 Å². The maximum absolute atomic E-state index is 14.6. The van der Waals surface area contributed by atoms with E-state index in [4.69, 9.17) is 53.6 Å². The Bertz CT molecular complexity index is 3570. The number of hydrogen-bond donors (Lipinski definition) is 5. The molecule has 0 heterocycles. The molecular formula is C63H70Cl2N4O12S2. The van der Waals surface area contributed by atoms with Crippen LogP contribution in [-0.4, -0.2) is 78.9 Å². The second kappa shape index (κ2) is 26.5. The zero-order valence-corrected chi connectivity index (χ0v) is 50.3. The first kappa shape index (κ1) is 61.8. The number of thiol groups is 1. The molecule has 4 unspecified atom stereocenters. The van der Waals surface area contributed by atoms with Gasteiger partial charge in [0.2, 0.25) is 11.8 Å². The van der Waals surface area contributed by atoms with Gasteiger partial charge in [-0.05, 0) is 166 Å². The summed E-state index contributed by atoms with van der Waals surface area (Å²) < 4.78 is 63.5. The van der Waals surface area contributed by atoms with Gasteiger partial charge in [0, 0.05) is 32.9 Å². The number of ether oxygens (including phenoxy) is 4. The Balaban J connectivity index is 0.986. The first-order valence-electron chi connectivity index (χ1n) is 27.7. The number of amides is 2. The Kier molecular flexibility index (Phi) is 19.8. The van der Waals surface area contributed by atoms with Gasteiger partial charge in [-0.2, -0.15) is 0 Å². The highest BCUT2D eigenvalue weighted by molar-refractivity contribution is 8.14. The molecule has 2 aliphatic rings. The SMILES string of the molecule is CCOC(=O)CC(C(=O)Nc1cc(Cl)c(-c2ccccc2OC(C)C)cc1N)c1ccc([SH](=O)(C=O)CC2CC2c2ccc(-c3cc(NC(=O)C(CC(=O)OCC)c4ccc(S(=O)(=O)CC5CC5)cc4)c(N)cc3Cl)c(OC(C)C)c2)cc1. The van der Waals surface area contributed by atoms with Crippen molar-refractivity contribution in [3.05, 3.63) is 142 Å². The molecule has 83 heavy (non-hydrogen) atoms. The van der Waals surface area contributed by atoms with E-state index in [-0.39, 0.29) is 100 Å². The van der Waals surface area contributed by atoms with E-state index in [0.29, 0.717) is 66.8 Å². The number of nitrogens with one attached hydrogen (secondary N) is 2. The van der Waals surface area contributed by atoms with Crippen LogP contribution in [0.2, 0.25) is 10.0 Å². The summed E-state index contributed by atoms with van der Waals surface area (Å²) in [7, 11) is -7.18. The van der Waals surface area contributed by atoms with Crippen molar-refractivity contribution in [3.8, 4) is 33.8 Å². The van der Waals surface area contributed by atoms with Gasteiger partial charge in [0.05, 0.1) is 93.5 Å². The van der Waals surface area contributed by atoms with E-state index >= 15 is 0 Å². The van der Waals surface area contributed by atoms with Gasteiger partial charge in [0.1, 0.15) is 11.5 Å². The third-order valence-electron chi connectivity index (χ3n) is 14.5. The molecule has 6 aromatic rings. The van der Waals surface area contributed by atoms with Crippen molar-refractivity contribution in [2.75, 3.05) is 46.8 Å². The van der Waals surface area contributed by atoms with E-state index in [0.717, 1.165) is 18.4 Å². The van der Waals surface area contributed by atoms with Crippen LogP contribution in [0.15, 0.2) is 125 Å². The van der Waals surface area contributed by atoms with Crippen molar-refractivity contribution in [2.24, 2.45) is 11.8 Å². The molecule has 6 N–H and O–H groups in total. The van der Waals surface area contributed by atoms with Crippen molar-refractivity contribution >= 4 is 95.1 Å². The van der Waals surface area contributed by atoms with Gasteiger partial charge >= 0.3 is 11.9 Å². The van der Waals surface area contributed by atoms with Crippen molar-refractivity contribution in [1.82, 2.24) is 0 Å². The number of carbonyl (C=O) groups is 5. The molecular weight excluding hydrogens is 1140 g/mol. The zero-order valence-electron chi connectivity index (χ0n) is 47.1. The number of esters is 2. The fraction of sp³-hybridized carbons (Fsp3) is 0.349. The predicted molar refractivity (Wildman–Crippen MR) is 327 cm³/mol. The molecule has 440 valence electrons. The first-order valence-corrected chi connectivity index (χ1v) is 32.0. The Hall–Kier alpha value is -7.25. The van der Waals surface area contributed by atoms with Crippen LogP contribution in [0.3, 0.4) is 0 Å². The van der Waals surface area contributed by atoms with E-state index in [9.17, 15) is 36.6 Å². The number of halogens is 2. The second-order valence-corrected chi connectivity index (χ2v) is 27.1. The summed E-state index contributed by atoms with van der Waals surface area (Å²) in [6.07, 6.45) is 1.35. The lowest BCUT2D eigenvalue weighted by Crippen LogP contribution is -2.25. The van der Waals surface area contributed by atoms with Gasteiger partial charge in [0.25, 0.3) is 0 Å². The van der Waals surface area contributed by atoms with Crippen LogP contribution in [0.25, 0.3) is 22.3 Å². The van der Waals surface area contributed by atoms with Crippen molar-refractivity contribution in [3.63, 3.8) is 0 Å². The molecule has 0 saturated heterocycles. The summed E-state index contributed by atoms with van der Waals surface area (Å²) in [5.41, 5.74) is 18.4. The zero-order chi connectivity index (χ0) is 59.9. The van der Waals surface area contributed by atoms with Crippen molar-refractivity contribution in [1.29, 1.82) is 0 Å². The van der Waals surface area contributed by atoms with Gasteiger partial charge in [-0.25, -0.2) is 8.42 Å². The van der Waals surface area contributed by atoms with E-state index in [1.807, 2.05) is 70.2 Å². The Morgan fingerprint density at radius 1 is 0.663 bits per heavy atom. The fourth-order valence-corrected chi connectivity index (χ4v) is 14.5. The quantitative estimate of drug-likeness (QED) is 0.0147. The minimum absolute atomic E-state index is 0.0572. The summed E-state index contributed by atoms with van der Waals surface area (Å²) >= 11 is 13.7. The lowest BCUT2D eigenvalue weighted by molar-refractivity contribution is -0.145. The fourth-order valence-electron chi connectivity index (χ4n) is 10.1. The van der Waals surface area contributed by atoms with Gasteiger partial charge < -0.3 is 41.0 Å². The number of rotatable bonds is 26. The number of anilines is 4. The molecule has 0 bridgehead atoms. The average molecular weight is 1210 g/mol. The lowest BCUT2D eigenvalue weighted by atomic mass is 9.94. The number of sulfone groups is 1. The lowest BCUT2D eigenvalue weighted by Gasteiger charge is -2.21. The number of nitrogen functional groups attached to an aromatic ring is 2. The van der Waals surface area contributed by atoms with E-state index in [2.05, 4.69) is 10.6 Å². The molecule has 20 heteroatoms. The minimum atomic E-state index is -3.65. The van der Waals surface area contributed by atoms with E-state index in [1.165, 1.54) is 30.3 Å². The van der Waals surface area contributed by atoms with Crippen LogP contribution in [0.4, 0.5) is 22.7 Å². The van der Waals surface area contributed by atoms with Crippen LogP contribution in [0.5, 0.6) is 11.5 Å². The van der Waals surface area contributed by atoms with Gasteiger partial charge in [0.15, 0.2) is 15.5 Å². The third-order valence-corrected chi connectivity index (χ3v) is 19.6. The summed E-state index contributed by atoms with van der Waals surface area (Å²) in [4.78, 5) is 67.4. The molecule has 2 fully saturated rings. The molecule has 0 aliphatic heterocycles.